The van der Waals surface area contributed by atoms with Crippen molar-refractivity contribution in [1.29, 1.82) is 0 Å². The SMILES string of the molecule is CC(C)(NC(=O)OCc1ccccc1)C(=O)N1CCCC1C(=O)O. The number of rotatable bonds is 5. The van der Waals surface area contributed by atoms with Crippen molar-refractivity contribution in [2.75, 3.05) is 6.54 Å². The zero-order valence-corrected chi connectivity index (χ0v) is 13.8. The topological polar surface area (TPSA) is 95.9 Å². The van der Waals surface area contributed by atoms with Gasteiger partial charge in [0.1, 0.15) is 18.2 Å². The standard InChI is InChI=1S/C17H22N2O5/c1-17(2,15(22)19-10-6-9-13(19)14(20)21)18-16(23)24-11-12-7-4-3-5-8-12/h3-5,7-8,13H,6,9-11H2,1-2H3,(H,18,23)(H,20,21). The maximum Gasteiger partial charge on any atom is 0.408 e. The Morgan fingerprint density at radius 2 is 1.96 bits per heavy atom. The van der Waals surface area contributed by atoms with Crippen molar-refractivity contribution in [3.8, 4) is 0 Å². The highest BCUT2D eigenvalue weighted by atomic mass is 16.5. The van der Waals surface area contributed by atoms with E-state index in [0.717, 1.165) is 5.56 Å². The van der Waals surface area contributed by atoms with Crippen molar-refractivity contribution >= 4 is 18.0 Å². The first-order chi connectivity index (χ1) is 11.3. The zero-order chi connectivity index (χ0) is 17.7. The minimum atomic E-state index is -1.24. The lowest BCUT2D eigenvalue weighted by Crippen LogP contribution is -2.57. The summed E-state index contributed by atoms with van der Waals surface area (Å²) in [5.41, 5.74) is -0.409. The van der Waals surface area contributed by atoms with Gasteiger partial charge in [0.25, 0.3) is 0 Å². The number of hydrogen-bond donors (Lipinski definition) is 2. The Morgan fingerprint density at radius 1 is 1.29 bits per heavy atom. The van der Waals surface area contributed by atoms with Gasteiger partial charge in [-0.25, -0.2) is 9.59 Å². The van der Waals surface area contributed by atoms with Gasteiger partial charge in [0, 0.05) is 6.54 Å². The predicted octanol–water partition coefficient (Wildman–Crippen LogP) is 1.77. The van der Waals surface area contributed by atoms with E-state index in [1.807, 2.05) is 30.3 Å². The summed E-state index contributed by atoms with van der Waals surface area (Å²) in [4.78, 5) is 37.1. The van der Waals surface area contributed by atoms with Crippen LogP contribution in [0.1, 0.15) is 32.3 Å². The van der Waals surface area contributed by atoms with Crippen molar-refractivity contribution in [1.82, 2.24) is 10.2 Å². The molecule has 0 saturated carbocycles. The van der Waals surface area contributed by atoms with E-state index in [0.29, 0.717) is 19.4 Å². The van der Waals surface area contributed by atoms with Gasteiger partial charge in [-0.2, -0.15) is 0 Å². The van der Waals surface area contributed by atoms with Crippen molar-refractivity contribution in [2.45, 2.75) is 44.9 Å². The Labute approximate surface area is 140 Å². The molecule has 7 nitrogen and oxygen atoms in total. The lowest BCUT2D eigenvalue weighted by Gasteiger charge is -2.31. The number of carbonyl (C=O) groups is 3. The van der Waals surface area contributed by atoms with E-state index in [1.54, 1.807) is 0 Å². The molecule has 130 valence electrons. The predicted molar refractivity (Wildman–Crippen MR) is 86.2 cm³/mol. The zero-order valence-electron chi connectivity index (χ0n) is 13.8. The quantitative estimate of drug-likeness (QED) is 0.855. The highest BCUT2D eigenvalue weighted by Crippen LogP contribution is 2.21. The van der Waals surface area contributed by atoms with Crippen molar-refractivity contribution in [3.63, 3.8) is 0 Å². The largest absolute Gasteiger partial charge is 0.480 e. The molecular weight excluding hydrogens is 312 g/mol. The van der Waals surface area contributed by atoms with Gasteiger partial charge in [-0.05, 0) is 32.3 Å². The molecule has 1 saturated heterocycles. The summed E-state index contributed by atoms with van der Waals surface area (Å²) < 4.78 is 5.11. The molecule has 0 bridgehead atoms. The molecule has 1 heterocycles. The number of carbonyl (C=O) groups excluding carboxylic acids is 2. The van der Waals surface area contributed by atoms with Crippen LogP contribution in [0.15, 0.2) is 30.3 Å². The van der Waals surface area contributed by atoms with Gasteiger partial charge in [0.15, 0.2) is 0 Å². The van der Waals surface area contributed by atoms with E-state index < -0.39 is 29.6 Å². The number of carboxylic acid groups (broad SMARTS) is 1. The van der Waals surface area contributed by atoms with Crippen molar-refractivity contribution in [3.05, 3.63) is 35.9 Å². The molecule has 2 rings (SSSR count). The first-order valence-electron chi connectivity index (χ1n) is 7.84. The van der Waals surface area contributed by atoms with Gasteiger partial charge < -0.3 is 20.1 Å². The lowest BCUT2D eigenvalue weighted by molar-refractivity contribution is -0.150. The summed E-state index contributed by atoms with van der Waals surface area (Å²) in [5, 5.41) is 11.7. The summed E-state index contributed by atoms with van der Waals surface area (Å²) >= 11 is 0. The monoisotopic (exact) mass is 334 g/mol. The van der Waals surface area contributed by atoms with E-state index in [1.165, 1.54) is 18.7 Å². The summed E-state index contributed by atoms with van der Waals surface area (Å²) in [6, 6.07) is 8.35. The van der Waals surface area contributed by atoms with Crippen LogP contribution in [-0.2, 0) is 20.9 Å². The lowest BCUT2D eigenvalue weighted by atomic mass is 10.0. The van der Waals surface area contributed by atoms with Crippen LogP contribution in [0, 0.1) is 0 Å². The van der Waals surface area contributed by atoms with E-state index in [-0.39, 0.29) is 6.61 Å². The molecule has 1 aliphatic heterocycles. The van der Waals surface area contributed by atoms with Crippen molar-refractivity contribution in [2.24, 2.45) is 0 Å². The summed E-state index contributed by atoms with van der Waals surface area (Å²) in [6.07, 6.45) is 0.343. The number of ether oxygens (including phenoxy) is 1. The molecule has 0 aliphatic carbocycles. The van der Waals surface area contributed by atoms with Crippen LogP contribution in [0.2, 0.25) is 0 Å². The molecule has 2 N–H and O–H groups in total. The highest BCUT2D eigenvalue weighted by Gasteiger charge is 2.41. The van der Waals surface area contributed by atoms with E-state index in [4.69, 9.17) is 4.74 Å². The van der Waals surface area contributed by atoms with Gasteiger partial charge in [0.05, 0.1) is 0 Å². The maximum atomic E-state index is 12.6. The number of alkyl carbamates (subject to hydrolysis) is 1. The van der Waals surface area contributed by atoms with Gasteiger partial charge in [0.2, 0.25) is 5.91 Å². The third kappa shape index (κ3) is 4.24. The van der Waals surface area contributed by atoms with Gasteiger partial charge in [-0.15, -0.1) is 0 Å². The van der Waals surface area contributed by atoms with Crippen LogP contribution in [0.5, 0.6) is 0 Å². The van der Waals surface area contributed by atoms with E-state index >= 15 is 0 Å². The second-order valence-corrected chi connectivity index (χ2v) is 6.31. The fourth-order valence-corrected chi connectivity index (χ4v) is 2.69. The van der Waals surface area contributed by atoms with Gasteiger partial charge in [-0.1, -0.05) is 30.3 Å². The fraction of sp³-hybridized carbons (Fsp3) is 0.471. The minimum Gasteiger partial charge on any atom is -0.480 e. The molecule has 1 atom stereocenters. The second-order valence-electron chi connectivity index (χ2n) is 6.31. The van der Waals surface area contributed by atoms with Crippen LogP contribution in [0.4, 0.5) is 4.79 Å². The van der Waals surface area contributed by atoms with Crippen LogP contribution in [0.25, 0.3) is 0 Å². The number of carboxylic acids is 1. The van der Waals surface area contributed by atoms with Gasteiger partial charge in [-0.3, -0.25) is 4.79 Å². The minimum absolute atomic E-state index is 0.0956. The first-order valence-corrected chi connectivity index (χ1v) is 7.84. The van der Waals surface area contributed by atoms with Crippen LogP contribution in [-0.4, -0.2) is 46.1 Å². The normalized spacial score (nSPS) is 17.4. The molecule has 7 heteroatoms. The molecule has 1 fully saturated rings. The highest BCUT2D eigenvalue weighted by molar-refractivity contribution is 5.92. The first kappa shape index (κ1) is 17.8. The number of amides is 2. The summed E-state index contributed by atoms with van der Waals surface area (Å²) in [6.45, 7) is 3.55. The van der Waals surface area contributed by atoms with Gasteiger partial charge >= 0.3 is 12.1 Å². The average Bonchev–Trinajstić information content (AvgIpc) is 3.02. The summed E-state index contributed by atoms with van der Waals surface area (Å²) in [5.74, 6) is -1.45. The van der Waals surface area contributed by atoms with E-state index in [9.17, 15) is 19.5 Å². The molecule has 0 aromatic heterocycles. The second kappa shape index (κ2) is 7.33. The molecule has 0 spiro atoms. The average molecular weight is 334 g/mol. The number of hydrogen-bond acceptors (Lipinski definition) is 4. The van der Waals surface area contributed by atoms with Crippen LogP contribution < -0.4 is 5.32 Å². The van der Waals surface area contributed by atoms with Crippen molar-refractivity contribution < 1.29 is 24.2 Å². The Kier molecular flexibility index (Phi) is 5.43. The molecule has 0 radical (unpaired) electrons. The Hall–Kier alpha value is -2.57. The molecule has 1 aromatic carbocycles. The molecular formula is C17H22N2O5. The molecule has 24 heavy (non-hydrogen) atoms. The number of nitrogens with zero attached hydrogens (tertiary/aromatic N) is 1. The fourth-order valence-electron chi connectivity index (χ4n) is 2.69. The Bertz CT molecular complexity index is 615. The summed E-state index contributed by atoms with van der Waals surface area (Å²) in [7, 11) is 0. The number of nitrogens with one attached hydrogen (secondary N) is 1. The molecule has 1 unspecified atom stereocenters. The Balaban J connectivity index is 1.93. The Morgan fingerprint density at radius 3 is 2.58 bits per heavy atom. The molecule has 1 aromatic rings. The number of benzene rings is 1. The molecule has 1 aliphatic rings. The maximum absolute atomic E-state index is 12.6. The third-order valence-electron chi connectivity index (χ3n) is 3.96. The van der Waals surface area contributed by atoms with Crippen LogP contribution >= 0.6 is 0 Å². The molecule has 2 amide bonds. The van der Waals surface area contributed by atoms with Crippen LogP contribution in [0.3, 0.4) is 0 Å². The third-order valence-corrected chi connectivity index (χ3v) is 3.96. The smallest absolute Gasteiger partial charge is 0.408 e. The number of aliphatic carboxylic acids is 1. The number of likely N-dealkylation sites (tertiary alicyclic amines) is 1. The van der Waals surface area contributed by atoms with E-state index in [2.05, 4.69) is 5.32 Å².